The summed E-state index contributed by atoms with van der Waals surface area (Å²) in [6.45, 7) is 3.63. The zero-order chi connectivity index (χ0) is 13.0. The summed E-state index contributed by atoms with van der Waals surface area (Å²) in [5.41, 5.74) is 1.18. The van der Waals surface area contributed by atoms with Crippen LogP contribution in [0, 0.1) is 17.0 Å². The predicted octanol–water partition coefficient (Wildman–Crippen LogP) is 2.97. The average Bonchev–Trinajstić information content (AvgIpc) is 2.28. The minimum Gasteiger partial charge on any atom is -0.462 e. The third kappa shape index (κ3) is 3.03. The number of carbonyl (C=O) groups is 1. The lowest BCUT2D eigenvalue weighted by molar-refractivity contribution is -0.385. The Morgan fingerprint density at radius 3 is 2.65 bits per heavy atom. The normalized spacial score (nSPS) is 10.1. The van der Waals surface area contributed by atoms with Gasteiger partial charge >= 0.3 is 5.97 Å². The Hall–Kier alpha value is -1.43. The molecule has 1 aromatic rings. The number of esters is 1. The Morgan fingerprint density at radius 1 is 1.53 bits per heavy atom. The van der Waals surface area contributed by atoms with Crippen molar-refractivity contribution in [3.8, 4) is 0 Å². The number of nitrogens with zero attached hydrogens (tertiary/aromatic N) is 1. The Kier molecular flexibility index (Phi) is 4.62. The number of aryl methyl sites for hydroxylation is 1. The molecule has 0 spiro atoms. The van der Waals surface area contributed by atoms with Gasteiger partial charge in [-0.2, -0.15) is 0 Å². The molecule has 5 nitrogen and oxygen atoms in total. The van der Waals surface area contributed by atoms with E-state index in [9.17, 15) is 14.9 Å². The molecule has 0 heterocycles. The van der Waals surface area contributed by atoms with Gasteiger partial charge in [-0.1, -0.05) is 15.9 Å². The van der Waals surface area contributed by atoms with Crippen LogP contribution in [-0.4, -0.2) is 17.5 Å². The van der Waals surface area contributed by atoms with Crippen LogP contribution in [0.5, 0.6) is 0 Å². The fourth-order valence-electron chi connectivity index (χ4n) is 1.49. The van der Waals surface area contributed by atoms with Crippen LogP contribution in [0.4, 0.5) is 5.69 Å². The second-order valence-electron chi connectivity index (χ2n) is 3.42. The SMILES string of the molecule is CCOC(=O)c1cc(C)cc([N+](=O)[O-])c1CBr. The quantitative estimate of drug-likeness (QED) is 0.371. The average molecular weight is 302 g/mol. The summed E-state index contributed by atoms with van der Waals surface area (Å²) in [4.78, 5) is 22.1. The van der Waals surface area contributed by atoms with Gasteiger partial charge in [-0.15, -0.1) is 0 Å². The third-order valence-corrected chi connectivity index (χ3v) is 2.76. The van der Waals surface area contributed by atoms with Gasteiger partial charge in [-0.3, -0.25) is 10.1 Å². The van der Waals surface area contributed by atoms with Crippen molar-refractivity contribution in [1.82, 2.24) is 0 Å². The second-order valence-corrected chi connectivity index (χ2v) is 3.98. The van der Waals surface area contributed by atoms with Gasteiger partial charge in [0.25, 0.3) is 5.69 Å². The number of rotatable bonds is 4. The number of alkyl halides is 1. The summed E-state index contributed by atoms with van der Waals surface area (Å²) in [5, 5.41) is 11.1. The van der Waals surface area contributed by atoms with Gasteiger partial charge in [0, 0.05) is 11.4 Å². The summed E-state index contributed by atoms with van der Waals surface area (Å²) < 4.78 is 4.88. The van der Waals surface area contributed by atoms with Crippen molar-refractivity contribution in [3.63, 3.8) is 0 Å². The fourth-order valence-corrected chi connectivity index (χ4v) is 2.08. The van der Waals surface area contributed by atoms with Crippen molar-refractivity contribution < 1.29 is 14.5 Å². The highest BCUT2D eigenvalue weighted by molar-refractivity contribution is 9.08. The van der Waals surface area contributed by atoms with E-state index in [1.807, 2.05) is 0 Å². The van der Waals surface area contributed by atoms with Gasteiger partial charge in [0.15, 0.2) is 0 Å². The molecule has 0 saturated carbocycles. The minimum absolute atomic E-state index is 0.0649. The van der Waals surface area contributed by atoms with E-state index in [0.717, 1.165) is 0 Å². The number of nitro benzene ring substituents is 1. The van der Waals surface area contributed by atoms with Gasteiger partial charge in [0.1, 0.15) is 0 Å². The molecule has 1 rings (SSSR count). The molecule has 0 saturated heterocycles. The van der Waals surface area contributed by atoms with Crippen molar-refractivity contribution in [1.29, 1.82) is 0 Å². The highest BCUT2D eigenvalue weighted by atomic mass is 79.9. The maximum atomic E-state index is 11.7. The molecule has 17 heavy (non-hydrogen) atoms. The molecule has 0 fully saturated rings. The zero-order valence-corrected chi connectivity index (χ0v) is 11.1. The standard InChI is InChI=1S/C11H12BrNO4/c1-3-17-11(14)8-4-7(2)5-10(13(15)16)9(8)6-12/h4-5H,3,6H2,1-2H3. The summed E-state index contributed by atoms with van der Waals surface area (Å²) in [6, 6.07) is 3.04. The van der Waals surface area contributed by atoms with E-state index in [-0.39, 0.29) is 23.2 Å². The van der Waals surface area contributed by atoms with E-state index in [1.165, 1.54) is 6.07 Å². The van der Waals surface area contributed by atoms with Crippen LogP contribution in [0.15, 0.2) is 12.1 Å². The van der Waals surface area contributed by atoms with Crippen LogP contribution in [0.25, 0.3) is 0 Å². The maximum absolute atomic E-state index is 11.7. The van der Waals surface area contributed by atoms with Crippen molar-refractivity contribution >= 4 is 27.6 Å². The molecule has 0 radical (unpaired) electrons. The van der Waals surface area contributed by atoms with Gasteiger partial charge in [0.05, 0.1) is 22.7 Å². The first-order valence-corrected chi connectivity index (χ1v) is 6.14. The summed E-state index contributed by atoms with van der Waals surface area (Å²) >= 11 is 3.16. The molecule has 0 atom stereocenters. The lowest BCUT2D eigenvalue weighted by atomic mass is 10.0. The number of nitro groups is 1. The molecular formula is C11H12BrNO4. The topological polar surface area (TPSA) is 69.4 Å². The van der Waals surface area contributed by atoms with Gasteiger partial charge in [-0.05, 0) is 25.5 Å². The van der Waals surface area contributed by atoms with Crippen molar-refractivity contribution in [3.05, 3.63) is 38.9 Å². The molecule has 1 aromatic carbocycles. The summed E-state index contributed by atoms with van der Waals surface area (Å²) in [6.07, 6.45) is 0. The van der Waals surface area contributed by atoms with Crippen LogP contribution in [-0.2, 0) is 10.1 Å². The van der Waals surface area contributed by atoms with Crippen LogP contribution in [0.2, 0.25) is 0 Å². The molecule has 0 amide bonds. The first-order chi connectivity index (χ1) is 8.01. The third-order valence-electron chi connectivity index (χ3n) is 2.20. The lowest BCUT2D eigenvalue weighted by Crippen LogP contribution is -2.10. The predicted molar refractivity (Wildman–Crippen MR) is 66.4 cm³/mol. The van der Waals surface area contributed by atoms with Crippen LogP contribution >= 0.6 is 15.9 Å². The van der Waals surface area contributed by atoms with E-state index in [4.69, 9.17) is 4.74 Å². The Morgan fingerprint density at radius 2 is 2.18 bits per heavy atom. The molecule has 0 aromatic heterocycles. The first kappa shape index (κ1) is 13.6. The van der Waals surface area contributed by atoms with Crippen molar-refractivity contribution in [2.24, 2.45) is 0 Å². The smallest absolute Gasteiger partial charge is 0.338 e. The lowest BCUT2D eigenvalue weighted by Gasteiger charge is -2.08. The number of benzene rings is 1. The zero-order valence-electron chi connectivity index (χ0n) is 9.53. The molecule has 6 heteroatoms. The highest BCUT2D eigenvalue weighted by Crippen LogP contribution is 2.27. The maximum Gasteiger partial charge on any atom is 0.338 e. The number of hydrogen-bond donors (Lipinski definition) is 0. The Bertz CT molecular complexity index is 459. The van der Waals surface area contributed by atoms with Gasteiger partial charge < -0.3 is 4.74 Å². The number of halogens is 1. The monoisotopic (exact) mass is 301 g/mol. The Balaban J connectivity index is 3.37. The van der Waals surface area contributed by atoms with Crippen LogP contribution in [0.1, 0.15) is 28.4 Å². The van der Waals surface area contributed by atoms with E-state index < -0.39 is 10.9 Å². The second kappa shape index (κ2) is 5.77. The summed E-state index contributed by atoms with van der Waals surface area (Å²) in [5.74, 6) is -0.534. The fraction of sp³-hybridized carbons (Fsp3) is 0.364. The molecule has 0 aliphatic rings. The van der Waals surface area contributed by atoms with Crippen molar-refractivity contribution in [2.45, 2.75) is 19.2 Å². The molecule has 0 unspecified atom stereocenters. The van der Waals surface area contributed by atoms with E-state index in [0.29, 0.717) is 11.1 Å². The number of hydrogen-bond acceptors (Lipinski definition) is 4. The minimum atomic E-state index is -0.534. The van der Waals surface area contributed by atoms with Crippen molar-refractivity contribution in [2.75, 3.05) is 6.61 Å². The molecule has 92 valence electrons. The summed E-state index contributed by atoms with van der Waals surface area (Å²) in [7, 11) is 0. The van der Waals surface area contributed by atoms with Gasteiger partial charge in [0.2, 0.25) is 0 Å². The van der Waals surface area contributed by atoms with E-state index >= 15 is 0 Å². The highest BCUT2D eigenvalue weighted by Gasteiger charge is 2.22. The van der Waals surface area contributed by atoms with E-state index in [2.05, 4.69) is 15.9 Å². The van der Waals surface area contributed by atoms with Gasteiger partial charge in [-0.25, -0.2) is 4.79 Å². The Labute approximate surface area is 107 Å². The van der Waals surface area contributed by atoms with E-state index in [1.54, 1.807) is 19.9 Å². The van der Waals surface area contributed by atoms with Crippen LogP contribution < -0.4 is 0 Å². The molecule has 0 aliphatic heterocycles. The number of carbonyl (C=O) groups excluding carboxylic acids is 1. The molecule has 0 bridgehead atoms. The molecule has 0 N–H and O–H groups in total. The largest absolute Gasteiger partial charge is 0.462 e. The molecular weight excluding hydrogens is 290 g/mol. The molecule has 0 aliphatic carbocycles. The van der Waals surface area contributed by atoms with Crippen LogP contribution in [0.3, 0.4) is 0 Å². The first-order valence-electron chi connectivity index (χ1n) is 5.02. The number of ether oxygens (including phenoxy) is 1.